The predicted molar refractivity (Wildman–Crippen MR) is 93.0 cm³/mol. The maximum Gasteiger partial charge on any atom is 0.410 e. The highest BCUT2D eigenvalue weighted by molar-refractivity contribution is 5.88. The molecule has 1 amide bonds. The molecule has 2 rings (SSSR count). The first kappa shape index (κ1) is 18.0. The Balaban J connectivity index is 1.78. The van der Waals surface area contributed by atoms with E-state index in [1.807, 2.05) is 20.8 Å². The molecule has 0 saturated carbocycles. The van der Waals surface area contributed by atoms with Gasteiger partial charge in [0.25, 0.3) is 0 Å². The number of ether oxygens (including phenoxy) is 1. The van der Waals surface area contributed by atoms with Gasteiger partial charge in [-0.2, -0.15) is 0 Å². The first-order valence-electron chi connectivity index (χ1n) is 8.83. The zero-order valence-electron chi connectivity index (χ0n) is 15.1. The van der Waals surface area contributed by atoms with Gasteiger partial charge in [0.2, 0.25) is 0 Å². The Bertz CT molecular complexity index is 425. The number of aliphatic imine (C=N–C) groups is 1. The van der Waals surface area contributed by atoms with Gasteiger partial charge >= 0.3 is 6.09 Å². The van der Waals surface area contributed by atoms with Gasteiger partial charge in [0.05, 0.1) is 13.1 Å². The van der Waals surface area contributed by atoms with Crippen molar-refractivity contribution in [1.82, 2.24) is 15.1 Å². The van der Waals surface area contributed by atoms with Gasteiger partial charge < -0.3 is 15.0 Å². The molecule has 0 aromatic rings. The number of likely N-dealkylation sites (tertiary alicyclic amines) is 1. The molecule has 0 bridgehead atoms. The molecule has 2 heterocycles. The zero-order valence-corrected chi connectivity index (χ0v) is 15.1. The molecule has 1 unspecified atom stereocenters. The van der Waals surface area contributed by atoms with Crippen molar-refractivity contribution in [3.05, 3.63) is 0 Å². The fourth-order valence-corrected chi connectivity index (χ4v) is 3.05. The van der Waals surface area contributed by atoms with Crippen molar-refractivity contribution in [2.45, 2.75) is 58.6 Å². The van der Waals surface area contributed by atoms with Crippen LogP contribution in [0.15, 0.2) is 4.99 Å². The van der Waals surface area contributed by atoms with Crippen LogP contribution in [0.25, 0.3) is 0 Å². The summed E-state index contributed by atoms with van der Waals surface area (Å²) in [5.41, 5.74) is -0.458. The van der Waals surface area contributed by atoms with Crippen molar-refractivity contribution in [2.24, 2.45) is 4.99 Å². The van der Waals surface area contributed by atoms with Crippen molar-refractivity contribution >= 4 is 11.9 Å². The predicted octanol–water partition coefficient (Wildman–Crippen LogP) is 2.10. The van der Waals surface area contributed by atoms with E-state index in [2.05, 4.69) is 22.1 Å². The summed E-state index contributed by atoms with van der Waals surface area (Å²) in [4.78, 5) is 20.9. The second kappa shape index (κ2) is 7.99. The maximum absolute atomic E-state index is 12.2. The summed E-state index contributed by atoms with van der Waals surface area (Å²) >= 11 is 0. The molecule has 1 fully saturated rings. The Hall–Kier alpha value is -1.30. The molecule has 1 atom stereocenters. The number of hydrogen-bond acceptors (Lipinski definition) is 5. The van der Waals surface area contributed by atoms with E-state index in [0.717, 1.165) is 12.4 Å². The van der Waals surface area contributed by atoms with E-state index in [1.165, 1.54) is 32.4 Å². The van der Waals surface area contributed by atoms with Crippen LogP contribution in [0.2, 0.25) is 0 Å². The number of carbonyl (C=O) groups excluding carboxylic acids is 1. The molecule has 0 aliphatic carbocycles. The summed E-state index contributed by atoms with van der Waals surface area (Å²) < 4.78 is 5.45. The van der Waals surface area contributed by atoms with Crippen LogP contribution in [-0.2, 0) is 4.74 Å². The smallest absolute Gasteiger partial charge is 0.410 e. The molecule has 6 heteroatoms. The van der Waals surface area contributed by atoms with E-state index in [9.17, 15) is 4.79 Å². The minimum Gasteiger partial charge on any atom is -0.444 e. The van der Waals surface area contributed by atoms with E-state index >= 15 is 0 Å². The van der Waals surface area contributed by atoms with Crippen molar-refractivity contribution in [3.8, 4) is 0 Å². The van der Waals surface area contributed by atoms with Crippen LogP contribution in [0.5, 0.6) is 0 Å². The quantitative estimate of drug-likeness (QED) is 0.864. The number of nitrogens with one attached hydrogen (secondary N) is 1. The standard InChI is InChI=1S/C17H32N4O2/c1-14(12-20-9-6-5-7-10-20)19-15-13-21(11-8-18-15)16(22)23-17(2,3)4/h14H,5-13H2,1-4H3,(H,18,19). The van der Waals surface area contributed by atoms with Crippen molar-refractivity contribution < 1.29 is 9.53 Å². The van der Waals surface area contributed by atoms with Crippen molar-refractivity contribution in [3.63, 3.8) is 0 Å². The zero-order chi connectivity index (χ0) is 16.9. The number of piperidine rings is 1. The second-order valence-electron chi connectivity index (χ2n) is 7.64. The molecule has 0 radical (unpaired) electrons. The number of amides is 1. The molecule has 6 nitrogen and oxygen atoms in total. The Morgan fingerprint density at radius 3 is 2.61 bits per heavy atom. The Kier molecular flexibility index (Phi) is 6.27. The van der Waals surface area contributed by atoms with Gasteiger partial charge in [-0.05, 0) is 53.6 Å². The molecular formula is C17H32N4O2. The average molecular weight is 324 g/mol. The topological polar surface area (TPSA) is 57.2 Å². The molecule has 23 heavy (non-hydrogen) atoms. The van der Waals surface area contributed by atoms with E-state index in [0.29, 0.717) is 25.7 Å². The normalized spacial score (nSPS) is 21.6. The molecule has 0 aromatic carbocycles. The molecule has 0 aromatic heterocycles. The maximum atomic E-state index is 12.2. The van der Waals surface area contributed by atoms with Crippen LogP contribution >= 0.6 is 0 Å². The summed E-state index contributed by atoms with van der Waals surface area (Å²) in [6.45, 7) is 13.1. The Labute approximate surface area is 140 Å². The second-order valence-corrected chi connectivity index (χ2v) is 7.64. The lowest BCUT2D eigenvalue weighted by molar-refractivity contribution is 0.0276. The fraction of sp³-hybridized carbons (Fsp3) is 0.882. The summed E-state index contributed by atoms with van der Waals surface area (Å²) in [5.74, 6) is 0.895. The number of rotatable bonds is 3. The van der Waals surface area contributed by atoms with Crippen LogP contribution in [0.4, 0.5) is 4.79 Å². The van der Waals surface area contributed by atoms with E-state index in [-0.39, 0.29) is 6.09 Å². The summed E-state index contributed by atoms with van der Waals surface area (Å²) in [5, 5.41) is 3.47. The van der Waals surface area contributed by atoms with Crippen LogP contribution in [0, 0.1) is 0 Å². The largest absolute Gasteiger partial charge is 0.444 e. The fourth-order valence-electron chi connectivity index (χ4n) is 3.05. The highest BCUT2D eigenvalue weighted by atomic mass is 16.6. The minimum atomic E-state index is -0.458. The van der Waals surface area contributed by atoms with Gasteiger partial charge in [-0.3, -0.25) is 9.89 Å². The third-order valence-corrected chi connectivity index (χ3v) is 4.06. The molecule has 2 aliphatic rings. The first-order valence-corrected chi connectivity index (χ1v) is 8.83. The summed E-state index contributed by atoms with van der Waals surface area (Å²) in [6.07, 6.45) is 3.71. The third kappa shape index (κ3) is 6.37. The van der Waals surface area contributed by atoms with Gasteiger partial charge in [-0.1, -0.05) is 6.42 Å². The van der Waals surface area contributed by atoms with Crippen LogP contribution < -0.4 is 5.32 Å². The van der Waals surface area contributed by atoms with E-state index < -0.39 is 5.60 Å². The minimum absolute atomic E-state index is 0.254. The molecule has 2 aliphatic heterocycles. The van der Waals surface area contributed by atoms with Crippen molar-refractivity contribution in [1.29, 1.82) is 0 Å². The highest BCUT2D eigenvalue weighted by Crippen LogP contribution is 2.12. The Morgan fingerprint density at radius 2 is 1.96 bits per heavy atom. The molecule has 0 spiro atoms. The van der Waals surface area contributed by atoms with Crippen LogP contribution in [0.3, 0.4) is 0 Å². The molecule has 1 N–H and O–H groups in total. The number of amidine groups is 1. The van der Waals surface area contributed by atoms with Gasteiger partial charge in [0, 0.05) is 19.1 Å². The number of nitrogens with zero attached hydrogens (tertiary/aromatic N) is 3. The summed E-state index contributed by atoms with van der Waals surface area (Å²) in [7, 11) is 0. The van der Waals surface area contributed by atoms with Gasteiger partial charge in [0.15, 0.2) is 0 Å². The average Bonchev–Trinajstić information content (AvgIpc) is 2.46. The van der Waals surface area contributed by atoms with Crippen molar-refractivity contribution in [2.75, 3.05) is 39.3 Å². The van der Waals surface area contributed by atoms with E-state index in [1.54, 1.807) is 4.90 Å². The number of carbonyl (C=O) groups is 1. The van der Waals surface area contributed by atoms with E-state index in [4.69, 9.17) is 4.74 Å². The van der Waals surface area contributed by atoms with Gasteiger partial charge in [-0.25, -0.2) is 4.79 Å². The molecular weight excluding hydrogens is 292 g/mol. The molecule has 132 valence electrons. The first-order chi connectivity index (χ1) is 10.8. The monoisotopic (exact) mass is 324 g/mol. The molecule has 1 saturated heterocycles. The third-order valence-electron chi connectivity index (χ3n) is 4.06. The SMILES string of the molecule is CC(CN1CCCCC1)NC1=NCCN(C(=O)OC(C)(C)C)C1. The number of hydrogen-bond donors (Lipinski definition) is 1. The lowest BCUT2D eigenvalue weighted by Gasteiger charge is -2.33. The highest BCUT2D eigenvalue weighted by Gasteiger charge is 2.25. The summed E-state index contributed by atoms with van der Waals surface area (Å²) in [6, 6.07) is 0.338. The van der Waals surface area contributed by atoms with Crippen LogP contribution in [0.1, 0.15) is 47.0 Å². The van der Waals surface area contributed by atoms with Gasteiger partial charge in [-0.15, -0.1) is 0 Å². The lowest BCUT2D eigenvalue weighted by Crippen LogP contribution is -2.51. The van der Waals surface area contributed by atoms with Crippen LogP contribution in [-0.4, -0.2) is 72.6 Å². The van der Waals surface area contributed by atoms with Gasteiger partial charge in [0.1, 0.15) is 11.4 Å². The lowest BCUT2D eigenvalue weighted by atomic mass is 10.1. The Morgan fingerprint density at radius 1 is 1.26 bits per heavy atom.